The van der Waals surface area contributed by atoms with Crippen molar-refractivity contribution in [3.8, 4) is 0 Å². The van der Waals surface area contributed by atoms with E-state index in [1.807, 2.05) is 29.2 Å². The number of amides is 1. The van der Waals surface area contributed by atoms with Crippen LogP contribution in [0.4, 0.5) is 0 Å². The first-order valence-electron chi connectivity index (χ1n) is 8.76. The smallest absolute Gasteiger partial charge is 0.306 e. The van der Waals surface area contributed by atoms with Crippen LogP contribution in [-0.4, -0.2) is 48.2 Å². The molecule has 3 rings (SSSR count). The van der Waals surface area contributed by atoms with E-state index in [0.717, 1.165) is 32.5 Å². The monoisotopic (exact) mass is 331 g/mol. The van der Waals surface area contributed by atoms with Gasteiger partial charge in [0, 0.05) is 31.2 Å². The van der Waals surface area contributed by atoms with Crippen LogP contribution in [0.15, 0.2) is 24.3 Å². The lowest BCUT2D eigenvalue weighted by atomic mass is 9.85. The number of rotatable bonds is 4. The molecule has 130 valence electrons. The van der Waals surface area contributed by atoms with Crippen LogP contribution in [0.3, 0.4) is 0 Å². The quantitative estimate of drug-likeness (QED) is 0.921. The summed E-state index contributed by atoms with van der Waals surface area (Å²) in [6.45, 7) is 4.62. The van der Waals surface area contributed by atoms with Gasteiger partial charge >= 0.3 is 5.97 Å². The molecule has 24 heavy (non-hydrogen) atoms. The Bertz CT molecular complexity index is 584. The molecule has 5 nitrogen and oxygen atoms in total. The number of piperidine rings is 1. The van der Waals surface area contributed by atoms with Crippen molar-refractivity contribution in [2.75, 3.05) is 26.3 Å². The molecule has 0 saturated carbocycles. The zero-order valence-electron chi connectivity index (χ0n) is 14.1. The summed E-state index contributed by atoms with van der Waals surface area (Å²) in [6, 6.07) is 7.88. The Kier molecular flexibility index (Phi) is 5.19. The third-order valence-corrected chi connectivity index (χ3v) is 5.48. The van der Waals surface area contributed by atoms with E-state index in [1.165, 1.54) is 5.56 Å². The lowest BCUT2D eigenvalue weighted by molar-refractivity contribution is -0.143. The van der Waals surface area contributed by atoms with Crippen molar-refractivity contribution in [3.63, 3.8) is 0 Å². The summed E-state index contributed by atoms with van der Waals surface area (Å²) < 4.78 is 5.41. The maximum atomic E-state index is 12.6. The Hall–Kier alpha value is -1.88. The van der Waals surface area contributed by atoms with E-state index in [4.69, 9.17) is 9.84 Å². The summed E-state index contributed by atoms with van der Waals surface area (Å²) >= 11 is 0. The minimum Gasteiger partial charge on any atom is -0.481 e. The molecule has 0 radical (unpaired) electrons. The molecule has 0 aromatic heterocycles. The number of carbonyl (C=O) groups is 2. The van der Waals surface area contributed by atoms with Crippen molar-refractivity contribution >= 4 is 11.9 Å². The van der Waals surface area contributed by atoms with Gasteiger partial charge in [-0.3, -0.25) is 9.59 Å². The average Bonchev–Trinajstić information content (AvgIpc) is 3.15. The van der Waals surface area contributed by atoms with Crippen molar-refractivity contribution in [1.82, 2.24) is 4.90 Å². The van der Waals surface area contributed by atoms with Gasteiger partial charge in [-0.25, -0.2) is 0 Å². The second kappa shape index (κ2) is 7.34. The summed E-state index contributed by atoms with van der Waals surface area (Å²) in [7, 11) is 0. The van der Waals surface area contributed by atoms with Gasteiger partial charge in [0.15, 0.2) is 0 Å². The highest BCUT2D eigenvalue weighted by molar-refractivity contribution is 5.94. The van der Waals surface area contributed by atoms with E-state index in [2.05, 4.69) is 0 Å². The van der Waals surface area contributed by atoms with Gasteiger partial charge in [-0.15, -0.1) is 0 Å². The molecule has 5 heteroatoms. The third kappa shape index (κ3) is 3.61. The highest BCUT2D eigenvalue weighted by atomic mass is 16.5. The van der Waals surface area contributed by atoms with Gasteiger partial charge in [-0.05, 0) is 42.9 Å². The van der Waals surface area contributed by atoms with Crippen LogP contribution in [-0.2, 0) is 9.53 Å². The van der Waals surface area contributed by atoms with Crippen LogP contribution in [0.1, 0.15) is 48.0 Å². The van der Waals surface area contributed by atoms with Crippen LogP contribution in [0.2, 0.25) is 0 Å². The van der Waals surface area contributed by atoms with E-state index in [-0.39, 0.29) is 17.7 Å². The van der Waals surface area contributed by atoms with Crippen LogP contribution in [0.25, 0.3) is 0 Å². The van der Waals surface area contributed by atoms with Gasteiger partial charge < -0.3 is 14.7 Å². The number of hydrogen-bond donors (Lipinski definition) is 1. The SMILES string of the molecule is CC(C(=O)O)C1CCN(C(=O)c2ccc(C3CCOC3)cc2)CC1. The zero-order valence-corrected chi connectivity index (χ0v) is 14.1. The van der Waals surface area contributed by atoms with E-state index in [1.54, 1.807) is 6.92 Å². The molecule has 1 amide bonds. The summed E-state index contributed by atoms with van der Waals surface area (Å²) in [5.74, 6) is -0.425. The molecular formula is C19H25NO4. The van der Waals surface area contributed by atoms with E-state index in [0.29, 0.717) is 24.6 Å². The van der Waals surface area contributed by atoms with Crippen LogP contribution < -0.4 is 0 Å². The number of carboxylic acids is 1. The maximum Gasteiger partial charge on any atom is 0.306 e. The molecule has 0 spiro atoms. The summed E-state index contributed by atoms with van der Waals surface area (Å²) in [6.07, 6.45) is 2.57. The molecular weight excluding hydrogens is 306 g/mol. The number of aliphatic carboxylic acids is 1. The molecule has 1 N–H and O–H groups in total. The fourth-order valence-electron chi connectivity index (χ4n) is 3.68. The Morgan fingerprint density at radius 1 is 1.17 bits per heavy atom. The fraction of sp³-hybridized carbons (Fsp3) is 0.579. The normalized spacial score (nSPS) is 23.2. The van der Waals surface area contributed by atoms with Crippen LogP contribution >= 0.6 is 0 Å². The van der Waals surface area contributed by atoms with E-state index in [9.17, 15) is 9.59 Å². The molecule has 2 unspecified atom stereocenters. The Labute approximate surface area is 142 Å². The standard InChI is InChI=1S/C19H25NO4/c1-13(19(22)23)14-6-9-20(10-7-14)18(21)16-4-2-15(3-5-16)17-8-11-24-12-17/h2-5,13-14,17H,6-12H2,1H3,(H,22,23). The summed E-state index contributed by atoms with van der Waals surface area (Å²) in [4.78, 5) is 25.6. The second-order valence-electron chi connectivity index (χ2n) is 6.94. The molecule has 2 aliphatic rings. The molecule has 2 aliphatic heterocycles. The lowest BCUT2D eigenvalue weighted by Crippen LogP contribution is -2.40. The molecule has 2 saturated heterocycles. The lowest BCUT2D eigenvalue weighted by Gasteiger charge is -2.33. The van der Waals surface area contributed by atoms with Gasteiger partial charge in [0.1, 0.15) is 0 Å². The molecule has 2 fully saturated rings. The minimum atomic E-state index is -0.744. The van der Waals surface area contributed by atoms with Gasteiger partial charge in [0.25, 0.3) is 5.91 Å². The van der Waals surface area contributed by atoms with Crippen molar-refractivity contribution in [1.29, 1.82) is 0 Å². The highest BCUT2D eigenvalue weighted by Gasteiger charge is 2.30. The van der Waals surface area contributed by atoms with Crippen molar-refractivity contribution < 1.29 is 19.4 Å². The fourth-order valence-corrected chi connectivity index (χ4v) is 3.68. The van der Waals surface area contributed by atoms with Gasteiger partial charge in [-0.2, -0.15) is 0 Å². The Morgan fingerprint density at radius 2 is 1.83 bits per heavy atom. The first-order chi connectivity index (χ1) is 11.6. The van der Waals surface area contributed by atoms with Gasteiger partial charge in [0.2, 0.25) is 0 Å². The molecule has 1 aromatic carbocycles. The topological polar surface area (TPSA) is 66.8 Å². The van der Waals surface area contributed by atoms with Crippen molar-refractivity contribution in [2.24, 2.45) is 11.8 Å². The zero-order chi connectivity index (χ0) is 17.1. The Morgan fingerprint density at radius 3 is 2.38 bits per heavy atom. The number of benzene rings is 1. The minimum absolute atomic E-state index is 0.0469. The van der Waals surface area contributed by atoms with Gasteiger partial charge in [-0.1, -0.05) is 19.1 Å². The molecule has 2 heterocycles. The number of ether oxygens (including phenoxy) is 1. The number of nitrogens with zero attached hydrogens (tertiary/aromatic N) is 1. The Balaban J connectivity index is 1.58. The van der Waals surface area contributed by atoms with Crippen LogP contribution in [0, 0.1) is 11.8 Å². The summed E-state index contributed by atoms with van der Waals surface area (Å²) in [5, 5.41) is 9.11. The average molecular weight is 331 g/mol. The molecule has 0 bridgehead atoms. The first-order valence-corrected chi connectivity index (χ1v) is 8.76. The maximum absolute atomic E-state index is 12.6. The predicted molar refractivity (Wildman–Crippen MR) is 90.0 cm³/mol. The third-order valence-electron chi connectivity index (χ3n) is 5.48. The predicted octanol–water partition coefficient (Wildman–Crippen LogP) is 2.76. The van der Waals surface area contributed by atoms with E-state index < -0.39 is 5.97 Å². The number of likely N-dealkylation sites (tertiary alicyclic amines) is 1. The van der Waals surface area contributed by atoms with Crippen molar-refractivity contribution in [2.45, 2.75) is 32.1 Å². The van der Waals surface area contributed by atoms with Crippen molar-refractivity contribution in [3.05, 3.63) is 35.4 Å². The molecule has 0 aliphatic carbocycles. The number of hydrogen-bond acceptors (Lipinski definition) is 3. The highest BCUT2D eigenvalue weighted by Crippen LogP contribution is 2.27. The van der Waals surface area contributed by atoms with Gasteiger partial charge in [0.05, 0.1) is 12.5 Å². The molecule has 1 aromatic rings. The number of carbonyl (C=O) groups excluding carboxylic acids is 1. The molecule has 2 atom stereocenters. The summed E-state index contributed by atoms with van der Waals surface area (Å²) in [5.41, 5.74) is 1.94. The van der Waals surface area contributed by atoms with E-state index >= 15 is 0 Å². The number of carboxylic acid groups (broad SMARTS) is 1. The van der Waals surface area contributed by atoms with Crippen LogP contribution in [0.5, 0.6) is 0 Å². The largest absolute Gasteiger partial charge is 0.481 e. The second-order valence-corrected chi connectivity index (χ2v) is 6.94. The first kappa shape index (κ1) is 17.0.